The van der Waals surface area contributed by atoms with Gasteiger partial charge in [0, 0.05) is 18.0 Å². The second-order valence-electron chi connectivity index (χ2n) is 4.96. The van der Waals surface area contributed by atoms with Crippen molar-refractivity contribution < 1.29 is 14.3 Å². The van der Waals surface area contributed by atoms with Gasteiger partial charge in [-0.1, -0.05) is 23.2 Å². The van der Waals surface area contributed by atoms with Gasteiger partial charge in [0.05, 0.1) is 17.3 Å². The van der Waals surface area contributed by atoms with Crippen LogP contribution in [0.1, 0.15) is 25.8 Å². The molecular weight excluding hydrogens is 329 g/mol. The Kier molecular flexibility index (Phi) is 5.26. The third-order valence-corrected chi connectivity index (χ3v) is 3.65. The number of carbonyl (C=O) groups is 2. The predicted molar refractivity (Wildman–Crippen MR) is 84.5 cm³/mol. The molecule has 0 saturated heterocycles. The van der Waals surface area contributed by atoms with Crippen LogP contribution in [0.4, 0.5) is 0 Å². The van der Waals surface area contributed by atoms with Crippen molar-refractivity contribution in [3.05, 3.63) is 27.7 Å². The van der Waals surface area contributed by atoms with E-state index in [2.05, 4.69) is 15.8 Å². The Balaban J connectivity index is 2.17. The van der Waals surface area contributed by atoms with Gasteiger partial charge in [0.1, 0.15) is 10.8 Å². The van der Waals surface area contributed by atoms with Crippen molar-refractivity contribution >= 4 is 40.7 Å². The Labute approximate surface area is 137 Å². The van der Waals surface area contributed by atoms with Crippen LogP contribution in [0, 0.1) is 0 Å². The highest BCUT2D eigenvalue weighted by Gasteiger charge is 2.22. The fraction of sp³-hybridized carbons (Fsp3) is 0.357. The van der Waals surface area contributed by atoms with Crippen LogP contribution in [0.5, 0.6) is 5.75 Å². The van der Waals surface area contributed by atoms with E-state index in [-0.39, 0.29) is 6.04 Å². The molecule has 1 heterocycles. The largest absolute Gasteiger partial charge is 0.491 e. The molecule has 2 N–H and O–H groups in total. The topological polar surface area (TPSA) is 79.8 Å². The summed E-state index contributed by atoms with van der Waals surface area (Å²) in [4.78, 5) is 23.2. The zero-order valence-electron chi connectivity index (χ0n) is 12.1. The molecule has 1 aliphatic heterocycles. The SMILES string of the molecule is CC(C)NC(=O)C(=O)NN=C1CCOc2c1ccc(Cl)c2Cl. The average Bonchev–Trinajstić information content (AvgIpc) is 2.47. The molecule has 0 spiro atoms. The molecule has 0 aromatic heterocycles. The quantitative estimate of drug-likeness (QED) is 0.637. The van der Waals surface area contributed by atoms with E-state index in [4.69, 9.17) is 27.9 Å². The van der Waals surface area contributed by atoms with Crippen LogP contribution in [0.25, 0.3) is 0 Å². The zero-order valence-corrected chi connectivity index (χ0v) is 13.6. The molecule has 2 rings (SSSR count). The third-order valence-electron chi connectivity index (χ3n) is 2.86. The van der Waals surface area contributed by atoms with Gasteiger partial charge < -0.3 is 10.1 Å². The van der Waals surface area contributed by atoms with Gasteiger partial charge in [0.25, 0.3) is 0 Å². The molecule has 22 heavy (non-hydrogen) atoms. The van der Waals surface area contributed by atoms with Gasteiger partial charge in [-0.05, 0) is 26.0 Å². The van der Waals surface area contributed by atoms with Crippen molar-refractivity contribution in [1.29, 1.82) is 0 Å². The van der Waals surface area contributed by atoms with Crippen LogP contribution in [0.15, 0.2) is 17.2 Å². The predicted octanol–water partition coefficient (Wildman–Crippen LogP) is 2.12. The number of hydrogen-bond donors (Lipinski definition) is 2. The molecule has 1 aromatic rings. The molecule has 0 unspecified atom stereocenters. The minimum absolute atomic E-state index is 0.129. The standard InChI is InChI=1S/C14H15Cl2N3O3/c1-7(2)17-13(20)14(21)19-18-10-5-6-22-12-8(10)3-4-9(15)11(12)16/h3-4,7H,5-6H2,1-2H3,(H,17,20)(H,19,21). The van der Waals surface area contributed by atoms with Gasteiger partial charge in [-0.3, -0.25) is 9.59 Å². The number of carbonyl (C=O) groups excluding carboxylic acids is 2. The Morgan fingerprint density at radius 2 is 2.00 bits per heavy atom. The highest BCUT2D eigenvalue weighted by atomic mass is 35.5. The number of hydrogen-bond acceptors (Lipinski definition) is 4. The molecule has 0 saturated carbocycles. The summed E-state index contributed by atoms with van der Waals surface area (Å²) < 4.78 is 5.48. The summed E-state index contributed by atoms with van der Waals surface area (Å²) in [5, 5.41) is 7.16. The van der Waals surface area contributed by atoms with E-state index in [0.29, 0.717) is 40.1 Å². The lowest BCUT2D eigenvalue weighted by molar-refractivity contribution is -0.139. The number of benzene rings is 1. The van der Waals surface area contributed by atoms with Gasteiger partial charge in [0.2, 0.25) is 0 Å². The van der Waals surface area contributed by atoms with Gasteiger partial charge in [0.15, 0.2) is 0 Å². The van der Waals surface area contributed by atoms with Crippen molar-refractivity contribution in [2.75, 3.05) is 6.61 Å². The normalized spacial score (nSPS) is 15.2. The molecule has 2 amide bonds. The molecule has 1 aliphatic rings. The van der Waals surface area contributed by atoms with Crippen molar-refractivity contribution in [3.8, 4) is 5.75 Å². The molecule has 0 atom stereocenters. The minimum Gasteiger partial charge on any atom is -0.491 e. The lowest BCUT2D eigenvalue weighted by Gasteiger charge is -2.20. The van der Waals surface area contributed by atoms with E-state index in [0.717, 1.165) is 0 Å². The van der Waals surface area contributed by atoms with Crippen molar-refractivity contribution in [2.45, 2.75) is 26.3 Å². The molecule has 6 nitrogen and oxygen atoms in total. The molecule has 0 bridgehead atoms. The molecule has 0 fully saturated rings. The van der Waals surface area contributed by atoms with E-state index in [1.165, 1.54) is 0 Å². The molecule has 8 heteroatoms. The van der Waals surface area contributed by atoms with Crippen LogP contribution in [0.3, 0.4) is 0 Å². The summed E-state index contributed by atoms with van der Waals surface area (Å²) in [6.07, 6.45) is 0.483. The number of fused-ring (bicyclic) bond motifs is 1. The number of rotatable bonds is 2. The lowest BCUT2D eigenvalue weighted by Crippen LogP contribution is -2.41. The summed E-state index contributed by atoms with van der Waals surface area (Å²) in [5.74, 6) is -1.13. The molecule has 118 valence electrons. The summed E-state index contributed by atoms with van der Waals surface area (Å²) in [6, 6.07) is 3.21. The summed E-state index contributed by atoms with van der Waals surface area (Å²) in [6.45, 7) is 3.88. The first-order valence-corrected chi connectivity index (χ1v) is 7.44. The molecule has 1 aromatic carbocycles. The second kappa shape index (κ2) is 6.98. The van der Waals surface area contributed by atoms with E-state index in [1.807, 2.05) is 0 Å². The highest BCUT2D eigenvalue weighted by molar-refractivity contribution is 6.43. The lowest BCUT2D eigenvalue weighted by atomic mass is 10.0. The van der Waals surface area contributed by atoms with Crippen LogP contribution >= 0.6 is 23.2 Å². The Morgan fingerprint density at radius 3 is 2.68 bits per heavy atom. The summed E-state index contributed by atoms with van der Waals surface area (Å²) in [7, 11) is 0. The van der Waals surface area contributed by atoms with Crippen molar-refractivity contribution in [2.24, 2.45) is 5.10 Å². The number of nitrogens with one attached hydrogen (secondary N) is 2. The van der Waals surface area contributed by atoms with Crippen LogP contribution in [-0.2, 0) is 9.59 Å². The van der Waals surface area contributed by atoms with Gasteiger partial charge in [-0.15, -0.1) is 0 Å². The Morgan fingerprint density at radius 1 is 1.27 bits per heavy atom. The first-order chi connectivity index (χ1) is 10.4. The monoisotopic (exact) mass is 343 g/mol. The number of hydrazone groups is 1. The molecular formula is C14H15Cl2N3O3. The number of amides is 2. The van der Waals surface area contributed by atoms with Gasteiger partial charge in [-0.2, -0.15) is 5.10 Å². The van der Waals surface area contributed by atoms with E-state index >= 15 is 0 Å². The highest BCUT2D eigenvalue weighted by Crippen LogP contribution is 2.37. The van der Waals surface area contributed by atoms with Crippen LogP contribution in [0.2, 0.25) is 10.0 Å². The van der Waals surface area contributed by atoms with Gasteiger partial charge >= 0.3 is 11.8 Å². The van der Waals surface area contributed by atoms with Crippen LogP contribution in [-0.4, -0.2) is 30.2 Å². The molecule has 0 aliphatic carbocycles. The fourth-order valence-corrected chi connectivity index (χ4v) is 2.27. The minimum atomic E-state index is -0.825. The first-order valence-electron chi connectivity index (χ1n) is 6.68. The second-order valence-corrected chi connectivity index (χ2v) is 5.75. The van der Waals surface area contributed by atoms with E-state index in [9.17, 15) is 9.59 Å². The number of nitrogens with zero attached hydrogens (tertiary/aromatic N) is 1. The average molecular weight is 344 g/mol. The summed E-state index contributed by atoms with van der Waals surface area (Å²) in [5.41, 5.74) is 3.46. The first kappa shape index (κ1) is 16.6. The maximum Gasteiger partial charge on any atom is 0.329 e. The fourth-order valence-electron chi connectivity index (χ4n) is 1.90. The smallest absolute Gasteiger partial charge is 0.329 e. The van der Waals surface area contributed by atoms with Crippen molar-refractivity contribution in [1.82, 2.24) is 10.7 Å². The van der Waals surface area contributed by atoms with E-state index in [1.54, 1.807) is 26.0 Å². The van der Waals surface area contributed by atoms with E-state index < -0.39 is 11.8 Å². The zero-order chi connectivity index (χ0) is 16.3. The van der Waals surface area contributed by atoms with Crippen molar-refractivity contribution in [3.63, 3.8) is 0 Å². The van der Waals surface area contributed by atoms with Gasteiger partial charge in [-0.25, -0.2) is 5.43 Å². The summed E-state index contributed by atoms with van der Waals surface area (Å²) >= 11 is 12.0. The van der Waals surface area contributed by atoms with Crippen LogP contribution < -0.4 is 15.5 Å². The number of halogens is 2. The third kappa shape index (κ3) is 3.69. The molecule has 0 radical (unpaired) electrons. The maximum atomic E-state index is 11.6. The number of ether oxygens (including phenoxy) is 1. The Bertz CT molecular complexity index is 644. The Hall–Kier alpha value is -1.79. The maximum absolute atomic E-state index is 11.6.